The highest BCUT2D eigenvalue weighted by atomic mass is 127. The van der Waals surface area contributed by atoms with E-state index in [4.69, 9.17) is 0 Å². The molecule has 2 rings (SSSR count). The Bertz CT molecular complexity index is 468. The third kappa shape index (κ3) is 2.74. The van der Waals surface area contributed by atoms with Crippen molar-refractivity contribution in [1.82, 2.24) is 4.98 Å². The molecule has 0 aliphatic heterocycles. The standard InChI is InChI=1S/C12H13IN2S/c1-8-7-10(13)3-4-11(8)15-9(2)12-14-5-6-16-12/h3-7,9,15H,1-2H3. The molecule has 1 unspecified atom stereocenters. The van der Waals surface area contributed by atoms with Crippen molar-refractivity contribution in [3.05, 3.63) is 43.9 Å². The molecular weight excluding hydrogens is 331 g/mol. The van der Waals surface area contributed by atoms with Crippen LogP contribution in [0.15, 0.2) is 29.8 Å². The molecule has 1 atom stereocenters. The van der Waals surface area contributed by atoms with E-state index in [0.29, 0.717) is 0 Å². The van der Waals surface area contributed by atoms with E-state index in [-0.39, 0.29) is 6.04 Å². The molecular formula is C12H13IN2S. The quantitative estimate of drug-likeness (QED) is 0.843. The predicted octanol–water partition coefficient (Wildman–Crippen LogP) is 4.23. The van der Waals surface area contributed by atoms with Crippen molar-refractivity contribution in [1.29, 1.82) is 0 Å². The Balaban J connectivity index is 2.15. The Labute approximate surface area is 113 Å². The summed E-state index contributed by atoms with van der Waals surface area (Å²) in [5.41, 5.74) is 2.46. The maximum absolute atomic E-state index is 4.31. The number of nitrogens with zero attached hydrogens (tertiary/aromatic N) is 1. The van der Waals surface area contributed by atoms with Gasteiger partial charge in [0.05, 0.1) is 6.04 Å². The van der Waals surface area contributed by atoms with Crippen molar-refractivity contribution in [2.75, 3.05) is 5.32 Å². The van der Waals surface area contributed by atoms with E-state index < -0.39 is 0 Å². The van der Waals surface area contributed by atoms with Gasteiger partial charge in [-0.2, -0.15) is 0 Å². The molecule has 84 valence electrons. The van der Waals surface area contributed by atoms with Crippen molar-refractivity contribution in [3.8, 4) is 0 Å². The fraction of sp³-hybridized carbons (Fsp3) is 0.250. The van der Waals surface area contributed by atoms with Gasteiger partial charge in [-0.25, -0.2) is 4.98 Å². The van der Waals surface area contributed by atoms with E-state index in [2.05, 4.69) is 64.9 Å². The molecule has 1 N–H and O–H groups in total. The van der Waals surface area contributed by atoms with Crippen molar-refractivity contribution in [3.63, 3.8) is 0 Å². The van der Waals surface area contributed by atoms with Crippen LogP contribution in [0.25, 0.3) is 0 Å². The van der Waals surface area contributed by atoms with Crippen LogP contribution < -0.4 is 5.32 Å². The molecule has 0 spiro atoms. The number of rotatable bonds is 3. The monoisotopic (exact) mass is 344 g/mol. The zero-order chi connectivity index (χ0) is 11.5. The maximum Gasteiger partial charge on any atom is 0.115 e. The SMILES string of the molecule is Cc1cc(I)ccc1NC(C)c1nccs1. The minimum absolute atomic E-state index is 0.263. The number of aryl methyl sites for hydroxylation is 1. The van der Waals surface area contributed by atoms with E-state index in [1.807, 2.05) is 11.6 Å². The smallest absolute Gasteiger partial charge is 0.115 e. The first kappa shape index (κ1) is 11.9. The average Bonchev–Trinajstić information content (AvgIpc) is 2.75. The average molecular weight is 344 g/mol. The molecule has 1 aromatic carbocycles. The molecule has 4 heteroatoms. The second kappa shape index (κ2) is 5.14. The maximum atomic E-state index is 4.31. The molecule has 0 fully saturated rings. The minimum atomic E-state index is 0.263. The summed E-state index contributed by atoms with van der Waals surface area (Å²) in [7, 11) is 0. The van der Waals surface area contributed by atoms with Crippen LogP contribution in [0.2, 0.25) is 0 Å². The normalized spacial score (nSPS) is 12.4. The summed E-state index contributed by atoms with van der Waals surface area (Å²) in [6.45, 7) is 4.26. The number of nitrogens with one attached hydrogen (secondary N) is 1. The summed E-state index contributed by atoms with van der Waals surface area (Å²) < 4.78 is 1.27. The van der Waals surface area contributed by atoms with Crippen LogP contribution >= 0.6 is 33.9 Å². The molecule has 0 saturated heterocycles. The van der Waals surface area contributed by atoms with Crippen molar-refractivity contribution >= 4 is 39.6 Å². The lowest BCUT2D eigenvalue weighted by atomic mass is 10.2. The number of hydrogen-bond acceptors (Lipinski definition) is 3. The number of aromatic nitrogens is 1. The molecule has 1 heterocycles. The van der Waals surface area contributed by atoms with Gasteiger partial charge in [-0.15, -0.1) is 11.3 Å². The first-order valence-electron chi connectivity index (χ1n) is 5.09. The third-order valence-electron chi connectivity index (χ3n) is 2.38. The molecule has 0 bridgehead atoms. The molecule has 16 heavy (non-hydrogen) atoms. The van der Waals surface area contributed by atoms with Gasteiger partial charge in [0.2, 0.25) is 0 Å². The largest absolute Gasteiger partial charge is 0.376 e. The van der Waals surface area contributed by atoms with E-state index in [1.165, 1.54) is 14.8 Å². The zero-order valence-electron chi connectivity index (χ0n) is 9.20. The van der Waals surface area contributed by atoms with Crippen LogP contribution in [0.4, 0.5) is 5.69 Å². The number of thiazole rings is 1. The van der Waals surface area contributed by atoms with E-state index in [9.17, 15) is 0 Å². The lowest BCUT2D eigenvalue weighted by molar-refractivity contribution is 0.868. The van der Waals surface area contributed by atoms with Gasteiger partial charge in [0.15, 0.2) is 0 Å². The van der Waals surface area contributed by atoms with Crippen molar-refractivity contribution < 1.29 is 0 Å². The summed E-state index contributed by atoms with van der Waals surface area (Å²) in [6, 6.07) is 6.68. The summed E-state index contributed by atoms with van der Waals surface area (Å²) >= 11 is 4.01. The van der Waals surface area contributed by atoms with Gasteiger partial charge >= 0.3 is 0 Å². The van der Waals surface area contributed by atoms with Crippen molar-refractivity contribution in [2.24, 2.45) is 0 Å². The fourth-order valence-corrected chi connectivity index (χ4v) is 2.83. The first-order valence-corrected chi connectivity index (χ1v) is 7.05. The zero-order valence-corrected chi connectivity index (χ0v) is 12.2. The summed E-state index contributed by atoms with van der Waals surface area (Å²) in [5, 5.41) is 6.62. The Morgan fingerprint density at radius 2 is 2.25 bits per heavy atom. The van der Waals surface area contributed by atoms with Crippen LogP contribution in [-0.2, 0) is 0 Å². The summed E-state index contributed by atoms with van der Waals surface area (Å²) in [4.78, 5) is 4.31. The predicted molar refractivity (Wildman–Crippen MR) is 78.0 cm³/mol. The number of anilines is 1. The third-order valence-corrected chi connectivity index (χ3v) is 4.01. The van der Waals surface area contributed by atoms with Crippen LogP contribution in [0.3, 0.4) is 0 Å². The Morgan fingerprint density at radius 3 is 2.88 bits per heavy atom. The second-order valence-corrected chi connectivity index (χ2v) is 5.87. The lowest BCUT2D eigenvalue weighted by Gasteiger charge is -2.15. The van der Waals surface area contributed by atoms with Gasteiger partial charge in [0.25, 0.3) is 0 Å². The highest BCUT2D eigenvalue weighted by Crippen LogP contribution is 2.24. The Morgan fingerprint density at radius 1 is 1.44 bits per heavy atom. The number of benzene rings is 1. The van der Waals surface area contributed by atoms with Gasteiger partial charge < -0.3 is 5.32 Å². The molecule has 0 aliphatic carbocycles. The molecule has 1 aromatic heterocycles. The van der Waals surface area contributed by atoms with Gasteiger partial charge in [-0.3, -0.25) is 0 Å². The molecule has 0 amide bonds. The van der Waals surface area contributed by atoms with Crippen molar-refractivity contribution in [2.45, 2.75) is 19.9 Å². The van der Waals surface area contributed by atoms with Gasteiger partial charge in [-0.1, -0.05) is 0 Å². The first-order chi connectivity index (χ1) is 7.66. The number of hydrogen-bond donors (Lipinski definition) is 1. The van der Waals surface area contributed by atoms with Crippen LogP contribution in [0.5, 0.6) is 0 Å². The highest BCUT2D eigenvalue weighted by Gasteiger charge is 2.08. The van der Waals surface area contributed by atoms with Crippen LogP contribution in [0, 0.1) is 10.5 Å². The lowest BCUT2D eigenvalue weighted by Crippen LogP contribution is -2.07. The molecule has 2 aromatic rings. The Hall–Kier alpha value is -0.620. The van der Waals surface area contributed by atoms with Gasteiger partial charge in [0.1, 0.15) is 5.01 Å². The van der Waals surface area contributed by atoms with E-state index >= 15 is 0 Å². The summed E-state index contributed by atoms with van der Waals surface area (Å²) in [6.07, 6.45) is 1.85. The fourth-order valence-electron chi connectivity index (χ4n) is 1.53. The molecule has 0 aliphatic rings. The van der Waals surface area contributed by atoms with E-state index in [1.54, 1.807) is 11.3 Å². The van der Waals surface area contributed by atoms with Gasteiger partial charge in [0, 0.05) is 20.8 Å². The van der Waals surface area contributed by atoms with Crippen LogP contribution in [-0.4, -0.2) is 4.98 Å². The Kier molecular flexibility index (Phi) is 3.81. The number of halogens is 1. The van der Waals surface area contributed by atoms with Gasteiger partial charge in [-0.05, 0) is 60.2 Å². The summed E-state index contributed by atoms with van der Waals surface area (Å²) in [5.74, 6) is 0. The molecule has 2 nitrogen and oxygen atoms in total. The topological polar surface area (TPSA) is 24.9 Å². The van der Waals surface area contributed by atoms with Crippen LogP contribution in [0.1, 0.15) is 23.5 Å². The van der Waals surface area contributed by atoms with E-state index in [0.717, 1.165) is 5.01 Å². The minimum Gasteiger partial charge on any atom is -0.376 e. The highest BCUT2D eigenvalue weighted by molar-refractivity contribution is 14.1. The molecule has 0 radical (unpaired) electrons. The second-order valence-electron chi connectivity index (χ2n) is 3.70. The molecule has 0 saturated carbocycles.